The molecule has 0 unspecified atom stereocenters. The fourth-order valence-corrected chi connectivity index (χ4v) is 1.62. The van der Waals surface area contributed by atoms with Crippen molar-refractivity contribution in [2.24, 2.45) is 10.8 Å². The number of hydrogen-bond donors (Lipinski definition) is 2. The van der Waals surface area contributed by atoms with Crippen molar-refractivity contribution >= 4 is 29.5 Å². The van der Waals surface area contributed by atoms with Crippen LogP contribution in [-0.4, -0.2) is 24.4 Å². The van der Waals surface area contributed by atoms with E-state index in [1.54, 1.807) is 24.3 Å². The number of carbonyl (C=O) groups excluding carboxylic acids is 1. The number of esters is 1. The fraction of sp³-hybridized carbons (Fsp3) is 0.0714. The van der Waals surface area contributed by atoms with Crippen LogP contribution in [0.4, 0.5) is 0 Å². The molecule has 0 radical (unpaired) electrons. The second kappa shape index (κ2) is 7.23. The van der Waals surface area contributed by atoms with Gasteiger partial charge in [0.15, 0.2) is 16.6 Å². The average Bonchev–Trinajstić information content (AvgIpc) is 3.02. The lowest BCUT2D eigenvalue weighted by atomic mass is 10.2. The first kappa shape index (κ1) is 15.5. The molecule has 0 bridgehead atoms. The second-order valence-electron chi connectivity index (χ2n) is 4.01. The van der Waals surface area contributed by atoms with Gasteiger partial charge in [-0.25, -0.2) is 4.79 Å². The van der Waals surface area contributed by atoms with E-state index >= 15 is 0 Å². The number of ether oxygens (including phenoxy) is 2. The smallest absolute Gasteiger partial charge is 0.379 e. The highest BCUT2D eigenvalue weighted by Crippen LogP contribution is 2.28. The van der Waals surface area contributed by atoms with Crippen LogP contribution in [0.5, 0.6) is 11.5 Å². The van der Waals surface area contributed by atoms with Gasteiger partial charge in [0, 0.05) is 0 Å². The lowest BCUT2D eigenvalue weighted by molar-refractivity contribution is 0.0696. The molecular formula is C14H13N3O4S. The third-order valence-electron chi connectivity index (χ3n) is 2.50. The zero-order valence-electron chi connectivity index (χ0n) is 11.6. The number of carbonyl (C=O) groups is 1. The number of methoxy groups -OCH3 is 1. The van der Waals surface area contributed by atoms with Crippen molar-refractivity contribution in [3.8, 4) is 11.5 Å². The van der Waals surface area contributed by atoms with Crippen LogP contribution in [-0.2, 0) is 0 Å². The van der Waals surface area contributed by atoms with Gasteiger partial charge in [-0.2, -0.15) is 5.10 Å². The SMILES string of the molecule is COc1cc(/C=N\NC(N)=S)ccc1OC(=O)c1ccco1. The second-order valence-corrected chi connectivity index (χ2v) is 4.45. The molecule has 3 N–H and O–H groups in total. The summed E-state index contributed by atoms with van der Waals surface area (Å²) in [6, 6.07) is 8.04. The van der Waals surface area contributed by atoms with Gasteiger partial charge < -0.3 is 19.6 Å². The molecule has 0 amide bonds. The maximum absolute atomic E-state index is 11.8. The van der Waals surface area contributed by atoms with Crippen molar-refractivity contribution in [1.82, 2.24) is 5.43 Å². The fourth-order valence-electron chi connectivity index (χ4n) is 1.56. The number of thiocarbonyl (C=S) groups is 1. The van der Waals surface area contributed by atoms with Crippen LogP contribution in [0.2, 0.25) is 0 Å². The van der Waals surface area contributed by atoms with Gasteiger partial charge in [0.1, 0.15) is 0 Å². The first-order valence-electron chi connectivity index (χ1n) is 6.12. The van der Waals surface area contributed by atoms with Crippen LogP contribution in [0.25, 0.3) is 0 Å². The Morgan fingerprint density at radius 2 is 2.23 bits per heavy atom. The molecule has 2 aromatic rings. The third kappa shape index (κ3) is 4.06. The minimum Gasteiger partial charge on any atom is -0.493 e. The summed E-state index contributed by atoms with van der Waals surface area (Å²) in [5.41, 5.74) is 8.40. The maximum Gasteiger partial charge on any atom is 0.379 e. The highest BCUT2D eigenvalue weighted by Gasteiger charge is 2.14. The molecule has 22 heavy (non-hydrogen) atoms. The van der Waals surface area contributed by atoms with Crippen LogP contribution in [0.3, 0.4) is 0 Å². The first-order valence-corrected chi connectivity index (χ1v) is 6.53. The Balaban J connectivity index is 2.14. The van der Waals surface area contributed by atoms with Gasteiger partial charge in [-0.05, 0) is 48.1 Å². The topological polar surface area (TPSA) is 99.1 Å². The van der Waals surface area contributed by atoms with Crippen LogP contribution in [0, 0.1) is 0 Å². The van der Waals surface area contributed by atoms with E-state index in [9.17, 15) is 4.79 Å². The van der Waals surface area contributed by atoms with Crippen LogP contribution < -0.4 is 20.6 Å². The van der Waals surface area contributed by atoms with E-state index in [0.29, 0.717) is 11.3 Å². The van der Waals surface area contributed by atoms with Crippen LogP contribution >= 0.6 is 12.2 Å². The summed E-state index contributed by atoms with van der Waals surface area (Å²) in [4.78, 5) is 11.8. The van der Waals surface area contributed by atoms with Gasteiger partial charge in [-0.15, -0.1) is 0 Å². The maximum atomic E-state index is 11.8. The molecular weight excluding hydrogens is 306 g/mol. The monoisotopic (exact) mass is 319 g/mol. The van der Waals surface area contributed by atoms with E-state index in [-0.39, 0.29) is 16.6 Å². The Morgan fingerprint density at radius 3 is 2.86 bits per heavy atom. The lowest BCUT2D eigenvalue weighted by Gasteiger charge is -2.08. The van der Waals surface area contributed by atoms with Gasteiger partial charge in [0.2, 0.25) is 5.76 Å². The number of nitrogens with two attached hydrogens (primary N) is 1. The molecule has 1 heterocycles. The predicted octanol–water partition coefficient (Wildman–Crippen LogP) is 1.67. The first-order chi connectivity index (χ1) is 10.6. The summed E-state index contributed by atoms with van der Waals surface area (Å²) in [7, 11) is 1.47. The Hall–Kier alpha value is -2.87. The average molecular weight is 319 g/mol. The van der Waals surface area contributed by atoms with Crippen molar-refractivity contribution in [1.29, 1.82) is 0 Å². The molecule has 0 fully saturated rings. The summed E-state index contributed by atoms with van der Waals surface area (Å²) in [6.45, 7) is 0. The minimum atomic E-state index is -0.611. The summed E-state index contributed by atoms with van der Waals surface area (Å²) < 4.78 is 15.4. The molecule has 0 aliphatic rings. The molecule has 2 rings (SSSR count). The highest BCUT2D eigenvalue weighted by atomic mass is 32.1. The summed E-state index contributed by atoms with van der Waals surface area (Å²) >= 11 is 4.63. The zero-order valence-corrected chi connectivity index (χ0v) is 12.4. The molecule has 0 spiro atoms. The van der Waals surface area contributed by atoms with Crippen molar-refractivity contribution < 1.29 is 18.7 Å². The summed E-state index contributed by atoms with van der Waals surface area (Å²) in [5, 5.41) is 3.89. The number of nitrogens with one attached hydrogen (secondary N) is 1. The standard InChI is InChI=1S/C14H13N3O4S/c1-19-12-7-9(8-16-17-14(15)22)4-5-10(12)21-13(18)11-3-2-6-20-11/h2-8H,1H3,(H3,15,17,22)/b16-8-. The summed E-state index contributed by atoms with van der Waals surface area (Å²) in [5.74, 6) is 0.135. The lowest BCUT2D eigenvalue weighted by Crippen LogP contribution is -2.23. The van der Waals surface area contributed by atoms with Gasteiger partial charge in [-0.3, -0.25) is 5.43 Å². The van der Waals surface area contributed by atoms with Crippen LogP contribution in [0.1, 0.15) is 16.1 Å². The van der Waals surface area contributed by atoms with Gasteiger partial charge in [-0.1, -0.05) is 0 Å². The van der Waals surface area contributed by atoms with Crippen molar-refractivity contribution in [2.45, 2.75) is 0 Å². The molecule has 0 saturated heterocycles. The number of furan rings is 1. The molecule has 1 aromatic heterocycles. The van der Waals surface area contributed by atoms with Crippen molar-refractivity contribution in [3.63, 3.8) is 0 Å². The van der Waals surface area contributed by atoms with Crippen molar-refractivity contribution in [2.75, 3.05) is 7.11 Å². The van der Waals surface area contributed by atoms with Gasteiger partial charge >= 0.3 is 5.97 Å². The van der Waals surface area contributed by atoms with Gasteiger partial charge in [0.25, 0.3) is 0 Å². The Labute approximate surface area is 131 Å². The number of nitrogens with zero attached hydrogens (tertiary/aromatic N) is 1. The number of rotatable bonds is 5. The number of hydrogen-bond acceptors (Lipinski definition) is 6. The molecule has 8 heteroatoms. The minimum absolute atomic E-state index is 0.0622. The van der Waals surface area contributed by atoms with Crippen molar-refractivity contribution in [3.05, 3.63) is 47.9 Å². The number of benzene rings is 1. The van der Waals surface area contributed by atoms with E-state index in [1.807, 2.05) is 0 Å². The molecule has 1 aromatic carbocycles. The Bertz CT molecular complexity index is 698. The number of hydrazone groups is 1. The van der Waals surface area contributed by atoms with E-state index in [1.165, 1.54) is 25.7 Å². The molecule has 0 saturated carbocycles. The molecule has 0 aliphatic carbocycles. The molecule has 0 atom stereocenters. The third-order valence-corrected chi connectivity index (χ3v) is 2.59. The molecule has 0 aliphatic heterocycles. The van der Waals surface area contributed by atoms with E-state index < -0.39 is 5.97 Å². The normalized spacial score (nSPS) is 10.4. The molecule has 7 nitrogen and oxygen atoms in total. The Morgan fingerprint density at radius 1 is 1.41 bits per heavy atom. The zero-order chi connectivity index (χ0) is 15.9. The van der Waals surface area contributed by atoms with Crippen LogP contribution in [0.15, 0.2) is 46.1 Å². The van der Waals surface area contributed by atoms with E-state index in [4.69, 9.17) is 19.6 Å². The predicted molar refractivity (Wildman–Crippen MR) is 84.2 cm³/mol. The van der Waals surface area contributed by atoms with E-state index in [2.05, 4.69) is 22.7 Å². The molecule has 114 valence electrons. The van der Waals surface area contributed by atoms with Gasteiger partial charge in [0.05, 0.1) is 19.6 Å². The Kier molecular flexibility index (Phi) is 5.10. The summed E-state index contributed by atoms with van der Waals surface area (Å²) in [6.07, 6.45) is 2.89. The highest BCUT2D eigenvalue weighted by molar-refractivity contribution is 7.80. The quantitative estimate of drug-likeness (QED) is 0.284. The largest absolute Gasteiger partial charge is 0.493 e. The van der Waals surface area contributed by atoms with E-state index in [0.717, 1.165) is 0 Å².